The minimum absolute atomic E-state index is 0.0954. The van der Waals surface area contributed by atoms with E-state index in [4.69, 9.17) is 5.11 Å². The van der Waals surface area contributed by atoms with E-state index in [1.165, 1.54) is 22.9 Å². The van der Waals surface area contributed by atoms with Crippen molar-refractivity contribution in [2.75, 3.05) is 26.7 Å². The van der Waals surface area contributed by atoms with Crippen LogP contribution in [0.15, 0.2) is 6.20 Å². The maximum atomic E-state index is 12.2. The van der Waals surface area contributed by atoms with E-state index in [-0.39, 0.29) is 30.7 Å². The zero-order valence-corrected chi connectivity index (χ0v) is 13.6. The van der Waals surface area contributed by atoms with Gasteiger partial charge in [0.2, 0.25) is 0 Å². The lowest BCUT2D eigenvalue weighted by molar-refractivity contribution is -0.143. The molecule has 2 amide bonds. The van der Waals surface area contributed by atoms with Crippen LogP contribution in [0.1, 0.15) is 23.8 Å². The number of esters is 1. The summed E-state index contributed by atoms with van der Waals surface area (Å²) in [7, 11) is 1.26. The molecule has 0 bridgehead atoms. The molecule has 24 heavy (non-hydrogen) atoms. The number of carboxylic acids is 1. The van der Waals surface area contributed by atoms with Gasteiger partial charge in [0.15, 0.2) is 5.69 Å². The summed E-state index contributed by atoms with van der Waals surface area (Å²) in [5.74, 6) is -1.84. The Bertz CT molecular complexity index is 616. The number of urea groups is 1. The molecule has 132 valence electrons. The number of nitrogens with zero attached hydrogens (tertiary/aromatic N) is 4. The zero-order valence-electron chi connectivity index (χ0n) is 13.6. The molecule has 2 N–H and O–H groups in total. The quantitative estimate of drug-likeness (QED) is 0.712. The third-order valence-electron chi connectivity index (χ3n) is 3.85. The number of likely N-dealkylation sites (tertiary alicyclic amines) is 1. The highest BCUT2D eigenvalue weighted by molar-refractivity contribution is 5.86. The summed E-state index contributed by atoms with van der Waals surface area (Å²) in [5, 5.41) is 19.3. The van der Waals surface area contributed by atoms with Gasteiger partial charge in [0, 0.05) is 19.6 Å². The smallest absolute Gasteiger partial charge is 0.360 e. The first-order chi connectivity index (χ1) is 11.4. The van der Waals surface area contributed by atoms with Crippen molar-refractivity contribution in [1.82, 2.24) is 25.2 Å². The highest BCUT2D eigenvalue weighted by Gasteiger charge is 2.31. The molecule has 0 radical (unpaired) electrons. The van der Waals surface area contributed by atoms with Gasteiger partial charge in [-0.15, -0.1) is 5.10 Å². The largest absolute Gasteiger partial charge is 0.481 e. The number of carbonyl (C=O) groups excluding carboxylic acids is 2. The summed E-state index contributed by atoms with van der Waals surface area (Å²) in [6.07, 6.45) is 2.01. The Kier molecular flexibility index (Phi) is 5.72. The first-order valence-electron chi connectivity index (χ1n) is 7.64. The maximum absolute atomic E-state index is 12.2. The van der Waals surface area contributed by atoms with Crippen LogP contribution >= 0.6 is 0 Å². The number of hydrogen-bond donors (Lipinski definition) is 2. The maximum Gasteiger partial charge on any atom is 0.360 e. The fourth-order valence-electron chi connectivity index (χ4n) is 2.69. The van der Waals surface area contributed by atoms with Crippen LogP contribution in [-0.4, -0.2) is 69.7 Å². The number of piperidine rings is 1. The summed E-state index contributed by atoms with van der Waals surface area (Å²) < 4.78 is 5.95. The van der Waals surface area contributed by atoms with E-state index in [0.717, 1.165) is 0 Å². The van der Waals surface area contributed by atoms with Gasteiger partial charge in [-0.25, -0.2) is 14.3 Å². The lowest BCUT2D eigenvalue weighted by Crippen LogP contribution is -2.49. The van der Waals surface area contributed by atoms with Gasteiger partial charge < -0.3 is 20.1 Å². The van der Waals surface area contributed by atoms with Crippen molar-refractivity contribution < 1.29 is 24.2 Å². The molecule has 0 spiro atoms. The van der Waals surface area contributed by atoms with Crippen LogP contribution in [0.3, 0.4) is 0 Å². The number of ether oxygens (including phenoxy) is 1. The molecule has 1 saturated heterocycles. The van der Waals surface area contributed by atoms with Gasteiger partial charge in [0.1, 0.15) is 0 Å². The monoisotopic (exact) mass is 339 g/mol. The van der Waals surface area contributed by atoms with Crippen LogP contribution in [0.25, 0.3) is 0 Å². The van der Waals surface area contributed by atoms with Crippen LogP contribution in [-0.2, 0) is 16.1 Å². The van der Waals surface area contributed by atoms with Gasteiger partial charge in [-0.2, -0.15) is 0 Å². The summed E-state index contributed by atoms with van der Waals surface area (Å²) in [5.41, 5.74) is 0.0954. The average Bonchev–Trinajstić information content (AvgIpc) is 3.02. The van der Waals surface area contributed by atoms with E-state index in [1.807, 2.05) is 6.92 Å². The number of aliphatic carboxylic acids is 1. The molecule has 2 atom stereocenters. The number of carbonyl (C=O) groups is 3. The molecule has 1 aliphatic rings. The van der Waals surface area contributed by atoms with Crippen molar-refractivity contribution in [2.45, 2.75) is 19.9 Å². The molecule has 10 heteroatoms. The fraction of sp³-hybridized carbons (Fsp3) is 0.643. The van der Waals surface area contributed by atoms with Gasteiger partial charge in [-0.1, -0.05) is 12.1 Å². The highest BCUT2D eigenvalue weighted by atomic mass is 16.5. The topological polar surface area (TPSA) is 127 Å². The van der Waals surface area contributed by atoms with Gasteiger partial charge >= 0.3 is 18.0 Å². The Hall–Kier alpha value is -2.65. The summed E-state index contributed by atoms with van der Waals surface area (Å²) >= 11 is 0. The number of methoxy groups -OCH3 is 1. The van der Waals surface area contributed by atoms with Crippen LogP contribution < -0.4 is 5.32 Å². The van der Waals surface area contributed by atoms with Crippen LogP contribution in [0.2, 0.25) is 0 Å². The fourth-order valence-corrected chi connectivity index (χ4v) is 2.69. The predicted molar refractivity (Wildman–Crippen MR) is 81.2 cm³/mol. The minimum Gasteiger partial charge on any atom is -0.481 e. The molecule has 2 rings (SSSR count). The lowest BCUT2D eigenvalue weighted by Gasteiger charge is -2.34. The molecule has 1 aromatic heterocycles. The van der Waals surface area contributed by atoms with Gasteiger partial charge in [-0.3, -0.25) is 4.79 Å². The lowest BCUT2D eigenvalue weighted by atomic mass is 9.91. The Morgan fingerprint density at radius 2 is 2.17 bits per heavy atom. The second-order valence-electron chi connectivity index (χ2n) is 5.87. The van der Waals surface area contributed by atoms with Crippen molar-refractivity contribution in [3.05, 3.63) is 11.9 Å². The Balaban J connectivity index is 1.81. The van der Waals surface area contributed by atoms with Crippen molar-refractivity contribution in [2.24, 2.45) is 11.8 Å². The van der Waals surface area contributed by atoms with Gasteiger partial charge in [0.05, 0.1) is 25.8 Å². The van der Waals surface area contributed by atoms with E-state index >= 15 is 0 Å². The number of rotatable bonds is 5. The standard InChI is InChI=1S/C14H21N5O5/c1-9-5-10(12(20)21)7-18(6-9)14(23)15-3-4-19-8-11(16-17-19)13(22)24-2/h8-10H,3-7H2,1-2H3,(H,15,23)(H,20,21). The molecule has 0 aromatic carbocycles. The summed E-state index contributed by atoms with van der Waals surface area (Å²) in [6, 6.07) is -0.305. The molecular formula is C14H21N5O5. The first-order valence-corrected chi connectivity index (χ1v) is 7.64. The van der Waals surface area contributed by atoms with Crippen LogP contribution in [0, 0.1) is 11.8 Å². The number of amides is 2. The number of carboxylic acid groups (broad SMARTS) is 1. The van der Waals surface area contributed by atoms with Crippen LogP contribution in [0.4, 0.5) is 4.79 Å². The predicted octanol–water partition coefficient (Wildman–Crippen LogP) is -0.183. The van der Waals surface area contributed by atoms with E-state index in [2.05, 4.69) is 20.4 Å². The molecule has 1 aromatic rings. The van der Waals surface area contributed by atoms with Crippen molar-refractivity contribution >= 4 is 18.0 Å². The molecule has 0 aliphatic carbocycles. The van der Waals surface area contributed by atoms with Crippen molar-refractivity contribution in [1.29, 1.82) is 0 Å². The molecular weight excluding hydrogens is 318 g/mol. The van der Waals surface area contributed by atoms with E-state index in [1.54, 1.807) is 0 Å². The number of aromatic nitrogens is 3. The number of hydrogen-bond acceptors (Lipinski definition) is 6. The molecule has 2 unspecified atom stereocenters. The Morgan fingerprint density at radius 3 is 2.83 bits per heavy atom. The third-order valence-corrected chi connectivity index (χ3v) is 3.85. The van der Waals surface area contributed by atoms with E-state index < -0.39 is 17.9 Å². The molecule has 10 nitrogen and oxygen atoms in total. The summed E-state index contributed by atoms with van der Waals surface area (Å²) in [4.78, 5) is 36.1. The van der Waals surface area contributed by atoms with Crippen LogP contribution in [0.5, 0.6) is 0 Å². The Morgan fingerprint density at radius 1 is 1.42 bits per heavy atom. The molecule has 0 saturated carbocycles. The zero-order chi connectivity index (χ0) is 17.7. The van der Waals surface area contributed by atoms with Gasteiger partial charge in [-0.05, 0) is 12.3 Å². The first kappa shape index (κ1) is 17.7. The molecule has 2 heterocycles. The molecule has 1 aliphatic heterocycles. The average molecular weight is 339 g/mol. The number of nitrogens with one attached hydrogen (secondary N) is 1. The second kappa shape index (κ2) is 7.75. The van der Waals surface area contributed by atoms with Gasteiger partial charge in [0.25, 0.3) is 0 Å². The molecule has 1 fully saturated rings. The second-order valence-corrected chi connectivity index (χ2v) is 5.87. The van der Waals surface area contributed by atoms with E-state index in [0.29, 0.717) is 19.5 Å². The highest BCUT2D eigenvalue weighted by Crippen LogP contribution is 2.21. The normalized spacial score (nSPS) is 20.5. The van der Waals surface area contributed by atoms with Crippen molar-refractivity contribution in [3.63, 3.8) is 0 Å². The Labute approximate surface area is 138 Å². The SMILES string of the molecule is COC(=O)c1cn(CCNC(=O)N2CC(C)CC(C(=O)O)C2)nn1. The van der Waals surface area contributed by atoms with Crippen molar-refractivity contribution in [3.8, 4) is 0 Å². The summed E-state index contributed by atoms with van der Waals surface area (Å²) in [6.45, 7) is 3.29. The third kappa shape index (κ3) is 4.43. The minimum atomic E-state index is -0.877. The van der Waals surface area contributed by atoms with E-state index in [9.17, 15) is 14.4 Å².